The maximum absolute atomic E-state index is 13.0. The number of aliphatic hydroxyl groups excluding tert-OH is 5. The summed E-state index contributed by atoms with van der Waals surface area (Å²) in [4.78, 5) is 25.1. The van der Waals surface area contributed by atoms with Gasteiger partial charge in [0.25, 0.3) is 0 Å². The Morgan fingerprint density at radius 2 is 0.873 bits per heavy atom. The molecule has 462 valence electrons. The van der Waals surface area contributed by atoms with Crippen LogP contribution in [-0.2, 0) is 23.8 Å². The van der Waals surface area contributed by atoms with Gasteiger partial charge in [0.05, 0.1) is 32.0 Å². The quantitative estimate of drug-likeness (QED) is 0.0195. The molecule has 0 aromatic heterocycles. The molecule has 7 unspecified atom stereocenters. The van der Waals surface area contributed by atoms with E-state index >= 15 is 0 Å². The summed E-state index contributed by atoms with van der Waals surface area (Å²) in [5.74, 6) is -0.194. The summed E-state index contributed by atoms with van der Waals surface area (Å²) < 4.78 is 16.7. The lowest BCUT2D eigenvalue weighted by Gasteiger charge is -2.40. The number of amides is 1. The maximum atomic E-state index is 13.0. The first kappa shape index (κ1) is 74.6. The monoisotopic (exact) mass is 1120 g/mol. The molecule has 11 nitrogen and oxygen atoms in total. The molecule has 6 N–H and O–H groups in total. The molecule has 0 aliphatic carbocycles. The zero-order chi connectivity index (χ0) is 57.3. The number of carbonyl (C=O) groups excluding carboxylic acids is 2. The fraction of sp³-hybridized carbons (Fsp3) is 0.853. The molecule has 0 bridgehead atoms. The number of esters is 1. The fourth-order valence-electron chi connectivity index (χ4n) is 10.5. The van der Waals surface area contributed by atoms with Gasteiger partial charge in [-0.25, -0.2) is 0 Å². The Balaban J connectivity index is 1.94. The smallest absolute Gasteiger partial charge is 0.305 e. The zero-order valence-electron chi connectivity index (χ0n) is 51.1. The van der Waals surface area contributed by atoms with Crippen LogP contribution in [0.1, 0.15) is 309 Å². The van der Waals surface area contributed by atoms with Crippen molar-refractivity contribution in [1.29, 1.82) is 0 Å². The number of hydrogen-bond donors (Lipinski definition) is 6. The van der Waals surface area contributed by atoms with Gasteiger partial charge >= 0.3 is 5.97 Å². The van der Waals surface area contributed by atoms with Gasteiger partial charge in [-0.3, -0.25) is 9.59 Å². The summed E-state index contributed by atoms with van der Waals surface area (Å²) in [5, 5.41) is 54.2. The highest BCUT2D eigenvalue weighted by molar-refractivity contribution is 5.76. The molecule has 1 amide bonds. The van der Waals surface area contributed by atoms with Gasteiger partial charge in [0, 0.05) is 12.8 Å². The second-order valence-corrected chi connectivity index (χ2v) is 23.2. The molecule has 1 aliphatic heterocycles. The van der Waals surface area contributed by atoms with Crippen LogP contribution >= 0.6 is 0 Å². The topological polar surface area (TPSA) is 175 Å². The number of aliphatic hydroxyl groups is 5. The molecular formula is C68H125NO10. The lowest BCUT2D eigenvalue weighted by Crippen LogP contribution is -2.60. The van der Waals surface area contributed by atoms with Gasteiger partial charge in [0.1, 0.15) is 24.4 Å². The summed E-state index contributed by atoms with van der Waals surface area (Å²) in [7, 11) is 0. The average molecular weight is 1120 g/mol. The van der Waals surface area contributed by atoms with Crippen LogP contribution < -0.4 is 5.32 Å². The van der Waals surface area contributed by atoms with Crippen LogP contribution in [0.15, 0.2) is 48.6 Å². The minimum atomic E-state index is -1.58. The van der Waals surface area contributed by atoms with Gasteiger partial charge in [0.15, 0.2) is 6.29 Å². The second-order valence-electron chi connectivity index (χ2n) is 23.2. The van der Waals surface area contributed by atoms with Crippen LogP contribution in [0.25, 0.3) is 0 Å². The average Bonchev–Trinajstić information content (AvgIpc) is 3.45. The second kappa shape index (κ2) is 57.4. The van der Waals surface area contributed by atoms with E-state index in [9.17, 15) is 35.1 Å². The largest absolute Gasteiger partial charge is 0.466 e. The lowest BCUT2D eigenvalue weighted by molar-refractivity contribution is -0.302. The van der Waals surface area contributed by atoms with Gasteiger partial charge < -0.3 is 45.1 Å². The number of hydrogen-bond acceptors (Lipinski definition) is 10. The predicted octanol–water partition coefficient (Wildman–Crippen LogP) is 16.4. The Bertz CT molecular complexity index is 1450. The van der Waals surface area contributed by atoms with Crippen molar-refractivity contribution in [2.75, 3.05) is 19.8 Å². The van der Waals surface area contributed by atoms with Gasteiger partial charge in [-0.2, -0.15) is 0 Å². The Labute approximate surface area is 485 Å². The molecule has 0 saturated carbocycles. The number of nitrogens with one attached hydrogen (secondary N) is 1. The van der Waals surface area contributed by atoms with E-state index in [1.54, 1.807) is 6.08 Å². The molecule has 79 heavy (non-hydrogen) atoms. The van der Waals surface area contributed by atoms with E-state index in [1.165, 1.54) is 212 Å². The summed E-state index contributed by atoms with van der Waals surface area (Å²) in [6.07, 6.45) is 64.1. The summed E-state index contributed by atoms with van der Waals surface area (Å²) in [6, 6.07) is -0.835. The normalized spacial score (nSPS) is 18.7. The third kappa shape index (κ3) is 46.8. The minimum Gasteiger partial charge on any atom is -0.466 e. The third-order valence-electron chi connectivity index (χ3n) is 15.7. The standard InChI is InChI=1S/C68H125NO10/c1-3-5-7-9-11-13-14-15-16-30-33-36-40-44-48-52-56-64(73)77-57-53-49-45-41-37-34-31-28-26-24-22-20-18-17-19-21-23-25-27-29-32-35-39-43-47-51-55-63(72)69-60(61(71)54-50-46-42-38-12-10-8-6-4-2)59-78-68-67(76)66(75)65(74)62(58-70)79-68/h4,6,12,17,19,38,50,54,60-62,65-68,70-71,74-76H,3,5,7-11,13-16,18,20-37,39-49,51-53,55-59H2,1-2H3,(H,69,72)/b6-4+,19-17-,38-12+,54-50+. The van der Waals surface area contributed by atoms with Crippen LogP contribution in [0.2, 0.25) is 0 Å². The van der Waals surface area contributed by atoms with Gasteiger partial charge in [-0.15, -0.1) is 0 Å². The Hall–Kier alpha value is -2.38. The van der Waals surface area contributed by atoms with Crippen LogP contribution in [0.4, 0.5) is 0 Å². The van der Waals surface area contributed by atoms with E-state index in [0.29, 0.717) is 19.4 Å². The zero-order valence-corrected chi connectivity index (χ0v) is 51.1. The fourth-order valence-corrected chi connectivity index (χ4v) is 10.5. The van der Waals surface area contributed by atoms with Crippen molar-refractivity contribution < 1.29 is 49.3 Å². The molecule has 1 heterocycles. The van der Waals surface area contributed by atoms with Crippen molar-refractivity contribution in [2.24, 2.45) is 0 Å². The highest BCUT2D eigenvalue weighted by atomic mass is 16.7. The van der Waals surface area contributed by atoms with E-state index in [1.807, 2.05) is 19.1 Å². The molecule has 1 rings (SSSR count). The number of unbranched alkanes of at least 4 members (excludes halogenated alkanes) is 39. The Kier molecular flexibility index (Phi) is 54.3. The van der Waals surface area contributed by atoms with E-state index in [-0.39, 0.29) is 18.5 Å². The number of rotatable bonds is 58. The first-order chi connectivity index (χ1) is 38.7. The first-order valence-corrected chi connectivity index (χ1v) is 33.4. The van der Waals surface area contributed by atoms with Gasteiger partial charge in [0.2, 0.25) is 5.91 Å². The van der Waals surface area contributed by atoms with Crippen molar-refractivity contribution >= 4 is 11.9 Å². The van der Waals surface area contributed by atoms with E-state index < -0.39 is 49.5 Å². The highest BCUT2D eigenvalue weighted by Gasteiger charge is 2.44. The first-order valence-electron chi connectivity index (χ1n) is 33.4. The third-order valence-corrected chi connectivity index (χ3v) is 15.7. The van der Waals surface area contributed by atoms with Crippen molar-refractivity contribution in [3.63, 3.8) is 0 Å². The molecule has 1 fully saturated rings. The predicted molar refractivity (Wildman–Crippen MR) is 329 cm³/mol. The van der Waals surface area contributed by atoms with Crippen molar-refractivity contribution in [1.82, 2.24) is 5.32 Å². The lowest BCUT2D eigenvalue weighted by atomic mass is 9.99. The number of ether oxygens (including phenoxy) is 3. The van der Waals surface area contributed by atoms with Crippen LogP contribution in [0, 0.1) is 0 Å². The molecular weight excluding hydrogens is 991 g/mol. The van der Waals surface area contributed by atoms with E-state index in [0.717, 1.165) is 70.6 Å². The number of allylic oxidation sites excluding steroid dienone is 7. The molecule has 0 aromatic rings. The van der Waals surface area contributed by atoms with Gasteiger partial charge in [-0.05, 0) is 77.6 Å². The summed E-state index contributed by atoms with van der Waals surface area (Å²) in [5.41, 5.74) is 0. The minimum absolute atomic E-state index is 0.00697. The van der Waals surface area contributed by atoms with Crippen molar-refractivity contribution in [3.05, 3.63) is 48.6 Å². The van der Waals surface area contributed by atoms with E-state index in [4.69, 9.17) is 14.2 Å². The molecule has 1 saturated heterocycles. The van der Waals surface area contributed by atoms with Crippen molar-refractivity contribution in [3.8, 4) is 0 Å². The highest BCUT2D eigenvalue weighted by Crippen LogP contribution is 2.23. The molecule has 0 spiro atoms. The molecule has 7 atom stereocenters. The van der Waals surface area contributed by atoms with Gasteiger partial charge in [-0.1, -0.05) is 267 Å². The molecule has 0 radical (unpaired) electrons. The van der Waals surface area contributed by atoms with E-state index in [2.05, 4.69) is 42.6 Å². The summed E-state index contributed by atoms with van der Waals surface area (Å²) in [6.45, 7) is 4.11. The number of carbonyl (C=O) groups is 2. The summed E-state index contributed by atoms with van der Waals surface area (Å²) >= 11 is 0. The van der Waals surface area contributed by atoms with Crippen LogP contribution in [0.3, 0.4) is 0 Å². The molecule has 11 heteroatoms. The molecule has 1 aliphatic rings. The molecule has 0 aromatic carbocycles. The van der Waals surface area contributed by atoms with Crippen LogP contribution in [-0.4, -0.2) is 100 Å². The Morgan fingerprint density at radius 1 is 0.481 bits per heavy atom. The van der Waals surface area contributed by atoms with Crippen molar-refractivity contribution in [2.45, 2.75) is 352 Å². The maximum Gasteiger partial charge on any atom is 0.305 e. The SMILES string of the molecule is C/C=C/CC/C=C/CC/C=C/C(O)C(COC1OC(CO)C(O)C(O)C1O)NC(=O)CCCCCCCCCCCC/C=C\CCCCCCCCCCCCCCOC(=O)CCCCCCCCCCCCCCCCCC. The Morgan fingerprint density at radius 3 is 1.33 bits per heavy atom. The van der Waals surface area contributed by atoms with Crippen LogP contribution in [0.5, 0.6) is 0 Å².